The molecular weight excluding hydrogens is 272 g/mol. The van der Waals surface area contributed by atoms with Crippen LogP contribution in [-0.4, -0.2) is 36.9 Å². The van der Waals surface area contributed by atoms with Crippen LogP contribution in [0.4, 0.5) is 0 Å². The Morgan fingerprint density at radius 1 is 1.10 bits per heavy atom. The van der Waals surface area contributed by atoms with Crippen molar-refractivity contribution in [2.24, 2.45) is 0 Å². The zero-order valence-electron chi connectivity index (χ0n) is 12.9. The average Bonchev–Trinajstić information content (AvgIpc) is 2.33. The van der Waals surface area contributed by atoms with Crippen LogP contribution in [0.25, 0.3) is 0 Å². The summed E-state index contributed by atoms with van der Waals surface area (Å²) in [5.41, 5.74) is 0.413. The van der Waals surface area contributed by atoms with Gasteiger partial charge in [0, 0.05) is 24.2 Å². The molecule has 1 N–H and O–H groups in total. The second kappa shape index (κ2) is 4.83. The Kier molecular flexibility index (Phi) is 3.73. The van der Waals surface area contributed by atoms with Gasteiger partial charge in [-0.15, -0.1) is 0 Å². The fourth-order valence-electron chi connectivity index (χ4n) is 2.42. The van der Waals surface area contributed by atoms with E-state index in [4.69, 9.17) is 0 Å². The molecule has 0 saturated carbocycles. The highest BCUT2D eigenvalue weighted by Crippen LogP contribution is 2.30. The summed E-state index contributed by atoms with van der Waals surface area (Å²) in [7, 11) is -3.46. The van der Waals surface area contributed by atoms with Crippen molar-refractivity contribution in [1.82, 2.24) is 9.62 Å². The second-order valence-corrected chi connectivity index (χ2v) is 8.74. The summed E-state index contributed by atoms with van der Waals surface area (Å²) in [5.74, 6) is 0. The largest absolute Gasteiger partial charge is 0.309 e. The summed E-state index contributed by atoms with van der Waals surface area (Å²) in [6.07, 6.45) is 0. The molecule has 4 nitrogen and oxygen atoms in total. The summed E-state index contributed by atoms with van der Waals surface area (Å²) in [5, 5.41) is 3.41. The van der Waals surface area contributed by atoms with E-state index in [9.17, 15) is 8.42 Å². The quantitative estimate of drug-likeness (QED) is 0.909. The second-order valence-electron chi connectivity index (χ2n) is 6.87. The fourth-order valence-corrected chi connectivity index (χ4v) is 4.36. The van der Waals surface area contributed by atoms with Gasteiger partial charge in [-0.2, -0.15) is 4.31 Å². The van der Waals surface area contributed by atoms with Gasteiger partial charge in [0.25, 0.3) is 0 Å². The first kappa shape index (κ1) is 15.5. The summed E-state index contributed by atoms with van der Waals surface area (Å²) in [6, 6.07) is 7.06. The number of nitrogens with one attached hydrogen (secondary N) is 1. The SMILES string of the molecule is Cc1ccc(S(=O)(=O)N2CC(C)(C)NCC2(C)C)cc1. The summed E-state index contributed by atoms with van der Waals surface area (Å²) in [4.78, 5) is 0.369. The first-order valence-electron chi connectivity index (χ1n) is 6.89. The van der Waals surface area contributed by atoms with Crippen molar-refractivity contribution in [1.29, 1.82) is 0 Å². The maximum Gasteiger partial charge on any atom is 0.243 e. The van der Waals surface area contributed by atoms with Gasteiger partial charge >= 0.3 is 0 Å². The van der Waals surface area contributed by atoms with E-state index < -0.39 is 15.6 Å². The van der Waals surface area contributed by atoms with Gasteiger partial charge < -0.3 is 5.32 Å². The van der Waals surface area contributed by atoms with Crippen molar-refractivity contribution in [2.75, 3.05) is 13.1 Å². The molecule has 5 heteroatoms. The Balaban J connectivity index is 2.43. The molecule has 0 atom stereocenters. The minimum atomic E-state index is -3.46. The van der Waals surface area contributed by atoms with E-state index in [-0.39, 0.29) is 5.54 Å². The molecule has 0 spiro atoms. The lowest BCUT2D eigenvalue weighted by atomic mass is 9.94. The predicted octanol–water partition coefficient (Wildman–Crippen LogP) is 2.15. The standard InChI is InChI=1S/C15H24N2O2S/c1-12-6-8-13(9-7-12)20(18,19)17-11-14(2,3)16-10-15(17,4)5/h6-9,16H,10-11H2,1-5H3. The molecule has 112 valence electrons. The predicted molar refractivity (Wildman–Crippen MR) is 81.2 cm³/mol. The first-order chi connectivity index (χ1) is 9.05. The van der Waals surface area contributed by atoms with Crippen LogP contribution in [0.1, 0.15) is 33.3 Å². The molecule has 20 heavy (non-hydrogen) atoms. The summed E-state index contributed by atoms with van der Waals surface area (Å²) >= 11 is 0. The zero-order chi connectivity index (χ0) is 15.2. The van der Waals surface area contributed by atoms with Crippen LogP contribution in [0.5, 0.6) is 0 Å². The molecule has 1 aliphatic rings. The number of benzene rings is 1. The zero-order valence-corrected chi connectivity index (χ0v) is 13.7. The van der Waals surface area contributed by atoms with Gasteiger partial charge in [0.05, 0.1) is 4.90 Å². The molecule has 1 saturated heterocycles. The van der Waals surface area contributed by atoms with Crippen molar-refractivity contribution < 1.29 is 8.42 Å². The maximum atomic E-state index is 12.9. The van der Waals surface area contributed by atoms with Gasteiger partial charge in [-0.25, -0.2) is 8.42 Å². The van der Waals surface area contributed by atoms with Gasteiger partial charge in [-0.3, -0.25) is 0 Å². The third-order valence-electron chi connectivity index (χ3n) is 3.82. The van der Waals surface area contributed by atoms with Crippen LogP contribution in [0.3, 0.4) is 0 Å². The smallest absolute Gasteiger partial charge is 0.243 e. The van der Waals surface area contributed by atoms with Crippen LogP contribution < -0.4 is 5.32 Å². The molecule has 2 rings (SSSR count). The molecular formula is C15H24N2O2S. The molecule has 0 radical (unpaired) electrons. The van der Waals surface area contributed by atoms with Gasteiger partial charge in [-0.1, -0.05) is 17.7 Å². The van der Waals surface area contributed by atoms with Crippen LogP contribution >= 0.6 is 0 Å². The monoisotopic (exact) mass is 296 g/mol. The highest BCUT2D eigenvalue weighted by atomic mass is 32.2. The van der Waals surface area contributed by atoms with Gasteiger partial charge in [0.15, 0.2) is 0 Å². The lowest BCUT2D eigenvalue weighted by Gasteiger charge is -2.48. The molecule has 0 aromatic heterocycles. The van der Waals surface area contributed by atoms with Crippen molar-refractivity contribution in [2.45, 2.75) is 50.6 Å². The number of sulfonamides is 1. The van der Waals surface area contributed by atoms with Gasteiger partial charge in [0.2, 0.25) is 10.0 Å². The van der Waals surface area contributed by atoms with Crippen LogP contribution in [-0.2, 0) is 10.0 Å². The van der Waals surface area contributed by atoms with Crippen molar-refractivity contribution in [3.8, 4) is 0 Å². The van der Waals surface area contributed by atoms with E-state index in [1.165, 1.54) is 0 Å². The Labute approximate surface area is 122 Å². The Hall–Kier alpha value is -0.910. The number of piperazine rings is 1. The lowest BCUT2D eigenvalue weighted by Crippen LogP contribution is -2.67. The molecule has 1 fully saturated rings. The molecule has 0 unspecified atom stereocenters. The molecule has 1 aromatic carbocycles. The molecule has 1 aliphatic heterocycles. The van der Waals surface area contributed by atoms with Crippen molar-refractivity contribution in [3.05, 3.63) is 29.8 Å². The third-order valence-corrected chi connectivity index (χ3v) is 5.89. The van der Waals surface area contributed by atoms with Crippen LogP contribution in [0.2, 0.25) is 0 Å². The number of nitrogens with zero attached hydrogens (tertiary/aromatic N) is 1. The highest BCUT2D eigenvalue weighted by molar-refractivity contribution is 7.89. The minimum absolute atomic E-state index is 0.215. The number of hydrogen-bond acceptors (Lipinski definition) is 3. The molecule has 0 aliphatic carbocycles. The van der Waals surface area contributed by atoms with Crippen LogP contribution in [0.15, 0.2) is 29.2 Å². The minimum Gasteiger partial charge on any atom is -0.309 e. The molecule has 0 bridgehead atoms. The van der Waals surface area contributed by atoms with Crippen LogP contribution in [0, 0.1) is 6.92 Å². The highest BCUT2D eigenvalue weighted by Gasteiger charge is 2.44. The van der Waals surface area contributed by atoms with Crippen molar-refractivity contribution >= 4 is 10.0 Å². The Morgan fingerprint density at radius 3 is 2.20 bits per heavy atom. The van der Waals surface area contributed by atoms with E-state index in [0.717, 1.165) is 5.56 Å². The topological polar surface area (TPSA) is 49.4 Å². The normalized spacial score (nSPS) is 22.6. The van der Waals surface area contributed by atoms with Gasteiger partial charge in [0.1, 0.15) is 0 Å². The molecule has 0 amide bonds. The third kappa shape index (κ3) is 2.90. The first-order valence-corrected chi connectivity index (χ1v) is 8.33. The summed E-state index contributed by atoms with van der Waals surface area (Å²) < 4.78 is 27.4. The lowest BCUT2D eigenvalue weighted by molar-refractivity contribution is 0.116. The Morgan fingerprint density at radius 2 is 1.65 bits per heavy atom. The number of hydrogen-bond donors (Lipinski definition) is 1. The number of rotatable bonds is 2. The van der Waals surface area contributed by atoms with E-state index in [2.05, 4.69) is 5.32 Å². The molecule has 1 aromatic rings. The Bertz CT molecular complexity index is 589. The average molecular weight is 296 g/mol. The van der Waals surface area contributed by atoms with Gasteiger partial charge in [-0.05, 0) is 46.8 Å². The fraction of sp³-hybridized carbons (Fsp3) is 0.600. The summed E-state index contributed by atoms with van der Waals surface area (Å²) in [6.45, 7) is 11.0. The van der Waals surface area contributed by atoms with E-state index in [1.807, 2.05) is 46.8 Å². The van der Waals surface area contributed by atoms with E-state index in [0.29, 0.717) is 18.0 Å². The molecule has 1 heterocycles. The van der Waals surface area contributed by atoms with E-state index >= 15 is 0 Å². The maximum absolute atomic E-state index is 12.9. The van der Waals surface area contributed by atoms with Crippen molar-refractivity contribution in [3.63, 3.8) is 0 Å². The van der Waals surface area contributed by atoms with E-state index in [1.54, 1.807) is 16.4 Å². The number of aryl methyl sites for hydroxylation is 1.